The van der Waals surface area contributed by atoms with Gasteiger partial charge in [-0.05, 0) is 38.3 Å². The van der Waals surface area contributed by atoms with Crippen LogP contribution in [0.25, 0.3) is 0 Å². The summed E-state index contributed by atoms with van der Waals surface area (Å²) in [4.78, 5) is 13.0. The molecule has 0 aliphatic carbocycles. The molecule has 1 heterocycles. The van der Waals surface area contributed by atoms with Crippen LogP contribution in [-0.2, 0) is 4.79 Å². The van der Waals surface area contributed by atoms with Crippen LogP contribution >= 0.6 is 0 Å². The van der Waals surface area contributed by atoms with Crippen molar-refractivity contribution in [1.82, 2.24) is 4.90 Å². The lowest BCUT2D eigenvalue weighted by Crippen LogP contribution is -2.30. The molecule has 0 aromatic carbocycles. The SMILES string of the molecule is CCC1CCCN(CC(C)C=O)CC1. The van der Waals surface area contributed by atoms with Crippen molar-refractivity contribution in [3.63, 3.8) is 0 Å². The monoisotopic (exact) mass is 197 g/mol. The molecule has 0 radical (unpaired) electrons. The van der Waals surface area contributed by atoms with E-state index in [9.17, 15) is 4.79 Å². The number of hydrogen-bond acceptors (Lipinski definition) is 2. The summed E-state index contributed by atoms with van der Waals surface area (Å²) in [6.07, 6.45) is 6.40. The van der Waals surface area contributed by atoms with E-state index < -0.39 is 0 Å². The number of likely N-dealkylation sites (tertiary alicyclic amines) is 1. The first-order valence-corrected chi connectivity index (χ1v) is 5.94. The summed E-state index contributed by atoms with van der Waals surface area (Å²) in [6, 6.07) is 0. The van der Waals surface area contributed by atoms with E-state index in [1.54, 1.807) is 0 Å². The molecule has 1 aliphatic heterocycles. The molecule has 2 atom stereocenters. The number of nitrogens with zero attached hydrogens (tertiary/aromatic N) is 1. The highest BCUT2D eigenvalue weighted by Crippen LogP contribution is 2.20. The van der Waals surface area contributed by atoms with Gasteiger partial charge < -0.3 is 9.69 Å². The van der Waals surface area contributed by atoms with Crippen LogP contribution in [-0.4, -0.2) is 30.8 Å². The zero-order valence-corrected chi connectivity index (χ0v) is 9.54. The third-order valence-electron chi connectivity index (χ3n) is 3.30. The lowest BCUT2D eigenvalue weighted by molar-refractivity contribution is -0.111. The Hall–Kier alpha value is -0.370. The summed E-state index contributed by atoms with van der Waals surface area (Å²) in [5.74, 6) is 1.12. The molecule has 2 heteroatoms. The van der Waals surface area contributed by atoms with Crippen LogP contribution in [0.3, 0.4) is 0 Å². The second-order valence-electron chi connectivity index (χ2n) is 4.62. The fourth-order valence-electron chi connectivity index (χ4n) is 2.27. The molecule has 1 rings (SSSR count). The summed E-state index contributed by atoms with van der Waals surface area (Å²) in [6.45, 7) is 7.63. The van der Waals surface area contributed by atoms with Crippen molar-refractivity contribution in [1.29, 1.82) is 0 Å². The Morgan fingerprint density at radius 1 is 1.43 bits per heavy atom. The lowest BCUT2D eigenvalue weighted by atomic mass is 9.98. The Labute approximate surface area is 87.7 Å². The Morgan fingerprint density at radius 3 is 2.86 bits per heavy atom. The van der Waals surface area contributed by atoms with Gasteiger partial charge >= 0.3 is 0 Å². The normalized spacial score (nSPS) is 26.9. The molecule has 1 aliphatic rings. The van der Waals surface area contributed by atoms with Gasteiger partial charge in [0, 0.05) is 12.5 Å². The van der Waals surface area contributed by atoms with Crippen LogP contribution in [0.4, 0.5) is 0 Å². The van der Waals surface area contributed by atoms with Gasteiger partial charge in [-0.15, -0.1) is 0 Å². The number of aldehydes is 1. The summed E-state index contributed by atoms with van der Waals surface area (Å²) in [7, 11) is 0. The first-order chi connectivity index (χ1) is 6.76. The average Bonchev–Trinajstić information content (AvgIpc) is 2.43. The Morgan fingerprint density at radius 2 is 2.21 bits per heavy atom. The second-order valence-corrected chi connectivity index (χ2v) is 4.62. The quantitative estimate of drug-likeness (QED) is 0.645. The summed E-state index contributed by atoms with van der Waals surface area (Å²) in [5.41, 5.74) is 0. The van der Waals surface area contributed by atoms with Gasteiger partial charge in [0.15, 0.2) is 0 Å². The van der Waals surface area contributed by atoms with Crippen LogP contribution in [0, 0.1) is 11.8 Å². The van der Waals surface area contributed by atoms with E-state index in [0.717, 1.165) is 18.7 Å². The molecule has 0 aromatic rings. The first-order valence-electron chi connectivity index (χ1n) is 5.94. The maximum absolute atomic E-state index is 10.6. The molecule has 0 N–H and O–H groups in total. The van der Waals surface area contributed by atoms with E-state index in [4.69, 9.17) is 0 Å². The van der Waals surface area contributed by atoms with Gasteiger partial charge in [-0.3, -0.25) is 0 Å². The third-order valence-corrected chi connectivity index (χ3v) is 3.30. The fraction of sp³-hybridized carbons (Fsp3) is 0.917. The molecule has 0 amide bonds. The molecule has 82 valence electrons. The van der Waals surface area contributed by atoms with Crippen LogP contribution in [0.5, 0.6) is 0 Å². The van der Waals surface area contributed by atoms with E-state index in [-0.39, 0.29) is 5.92 Å². The molecule has 2 nitrogen and oxygen atoms in total. The highest BCUT2D eigenvalue weighted by atomic mass is 16.1. The third kappa shape index (κ3) is 3.79. The summed E-state index contributed by atoms with van der Waals surface area (Å²) >= 11 is 0. The van der Waals surface area contributed by atoms with Crippen molar-refractivity contribution in [2.45, 2.75) is 39.5 Å². The summed E-state index contributed by atoms with van der Waals surface area (Å²) in [5, 5.41) is 0. The van der Waals surface area contributed by atoms with Crippen LogP contribution in [0.15, 0.2) is 0 Å². The molecule has 0 aromatic heterocycles. The Kier molecular flexibility index (Phi) is 5.16. The first kappa shape index (κ1) is 11.7. The van der Waals surface area contributed by atoms with Crippen LogP contribution < -0.4 is 0 Å². The number of carbonyl (C=O) groups is 1. The molecular formula is C12H23NO. The van der Waals surface area contributed by atoms with E-state index in [2.05, 4.69) is 11.8 Å². The largest absolute Gasteiger partial charge is 0.303 e. The number of carbonyl (C=O) groups excluding carboxylic acids is 1. The molecular weight excluding hydrogens is 174 g/mol. The van der Waals surface area contributed by atoms with Crippen molar-refractivity contribution in [2.24, 2.45) is 11.8 Å². The van der Waals surface area contributed by atoms with Gasteiger partial charge in [0.2, 0.25) is 0 Å². The van der Waals surface area contributed by atoms with E-state index >= 15 is 0 Å². The van der Waals surface area contributed by atoms with E-state index in [0.29, 0.717) is 0 Å². The van der Waals surface area contributed by atoms with E-state index in [1.165, 1.54) is 38.8 Å². The van der Waals surface area contributed by atoms with Gasteiger partial charge in [-0.2, -0.15) is 0 Å². The van der Waals surface area contributed by atoms with Crippen molar-refractivity contribution >= 4 is 6.29 Å². The van der Waals surface area contributed by atoms with Crippen molar-refractivity contribution in [3.8, 4) is 0 Å². The standard InChI is InChI=1S/C12H23NO/c1-3-12-5-4-7-13(8-6-12)9-11(2)10-14/h10-12H,3-9H2,1-2H3. The van der Waals surface area contributed by atoms with E-state index in [1.807, 2.05) is 6.92 Å². The highest BCUT2D eigenvalue weighted by molar-refractivity contribution is 5.52. The fourth-order valence-corrected chi connectivity index (χ4v) is 2.27. The zero-order chi connectivity index (χ0) is 10.4. The minimum Gasteiger partial charge on any atom is -0.303 e. The highest BCUT2D eigenvalue weighted by Gasteiger charge is 2.16. The average molecular weight is 197 g/mol. The molecule has 0 saturated carbocycles. The number of rotatable bonds is 4. The maximum Gasteiger partial charge on any atom is 0.124 e. The van der Waals surface area contributed by atoms with Crippen molar-refractivity contribution in [2.75, 3.05) is 19.6 Å². The van der Waals surface area contributed by atoms with Crippen molar-refractivity contribution in [3.05, 3.63) is 0 Å². The number of hydrogen-bond donors (Lipinski definition) is 0. The van der Waals surface area contributed by atoms with Gasteiger partial charge in [0.25, 0.3) is 0 Å². The Balaban J connectivity index is 2.30. The molecule has 1 saturated heterocycles. The molecule has 0 spiro atoms. The predicted octanol–water partition coefficient (Wildman–Crippen LogP) is 2.33. The van der Waals surface area contributed by atoms with Crippen LogP contribution in [0.2, 0.25) is 0 Å². The zero-order valence-electron chi connectivity index (χ0n) is 9.54. The predicted molar refractivity (Wildman–Crippen MR) is 59.3 cm³/mol. The van der Waals surface area contributed by atoms with Crippen molar-refractivity contribution < 1.29 is 4.79 Å². The molecule has 2 unspecified atom stereocenters. The minimum absolute atomic E-state index is 0.202. The van der Waals surface area contributed by atoms with Gasteiger partial charge in [-0.1, -0.05) is 20.3 Å². The molecule has 1 fully saturated rings. The van der Waals surface area contributed by atoms with Gasteiger partial charge in [-0.25, -0.2) is 0 Å². The van der Waals surface area contributed by atoms with Gasteiger partial charge in [0.1, 0.15) is 6.29 Å². The second kappa shape index (κ2) is 6.18. The summed E-state index contributed by atoms with van der Waals surface area (Å²) < 4.78 is 0. The van der Waals surface area contributed by atoms with Gasteiger partial charge in [0.05, 0.1) is 0 Å². The maximum atomic E-state index is 10.6. The van der Waals surface area contributed by atoms with Crippen LogP contribution in [0.1, 0.15) is 39.5 Å². The Bertz CT molecular complexity index is 170. The topological polar surface area (TPSA) is 20.3 Å². The smallest absolute Gasteiger partial charge is 0.124 e. The lowest BCUT2D eigenvalue weighted by Gasteiger charge is -2.21. The molecule has 0 bridgehead atoms. The molecule has 14 heavy (non-hydrogen) atoms. The minimum atomic E-state index is 0.202.